The van der Waals surface area contributed by atoms with Crippen LogP contribution in [0.1, 0.15) is 13.8 Å². The molecule has 1 N–H and O–H groups in total. The van der Waals surface area contributed by atoms with E-state index < -0.39 is 18.0 Å². The van der Waals surface area contributed by atoms with Gasteiger partial charge in [-0.25, -0.2) is 9.59 Å². The van der Waals surface area contributed by atoms with Gasteiger partial charge in [-0.2, -0.15) is 0 Å². The molecule has 5 heteroatoms. The normalized spacial score (nSPS) is 12.7. The molecule has 70 valence electrons. The summed E-state index contributed by atoms with van der Waals surface area (Å²) in [5.74, 6) is -2.23. The Morgan fingerprint density at radius 2 is 1.83 bits per heavy atom. The third-order valence-corrected chi connectivity index (χ3v) is 1.05. The highest BCUT2D eigenvalue weighted by molar-refractivity contribution is 5.96. The lowest BCUT2D eigenvalue weighted by atomic mass is 10.3. The zero-order valence-corrected chi connectivity index (χ0v) is 7.23. The zero-order chi connectivity index (χ0) is 9.72. The molecule has 0 bridgehead atoms. The Morgan fingerprint density at radius 3 is 2.08 bits per heavy atom. The van der Waals surface area contributed by atoms with Crippen LogP contribution < -0.4 is 0 Å². The van der Waals surface area contributed by atoms with Gasteiger partial charge in [0.1, 0.15) is 0 Å². The summed E-state index contributed by atoms with van der Waals surface area (Å²) < 4.78 is 9.02. The Kier molecular flexibility index (Phi) is 4.28. The Labute approximate surface area is 70.3 Å². The molecule has 0 aromatic carbocycles. The molecule has 5 nitrogen and oxygen atoms in total. The van der Waals surface area contributed by atoms with Gasteiger partial charge in [-0.1, -0.05) is 0 Å². The van der Waals surface area contributed by atoms with Crippen LogP contribution in [0.2, 0.25) is 0 Å². The van der Waals surface area contributed by atoms with Crippen molar-refractivity contribution < 1.29 is 24.2 Å². The number of hydrogen-bond acceptors (Lipinski definition) is 4. The topological polar surface area (TPSA) is 72.8 Å². The summed E-state index contributed by atoms with van der Waals surface area (Å²) >= 11 is 0. The van der Waals surface area contributed by atoms with E-state index in [1.807, 2.05) is 0 Å². The molecule has 0 aliphatic heterocycles. The lowest BCUT2D eigenvalue weighted by molar-refractivity contribution is -0.171. The molecule has 0 aliphatic carbocycles. The number of aliphatic carboxylic acids is 1. The van der Waals surface area contributed by atoms with Crippen molar-refractivity contribution in [2.75, 3.05) is 7.11 Å². The molecular formula is C7H12O5. The molecule has 0 aromatic rings. The second-order valence-electron chi connectivity index (χ2n) is 2.43. The van der Waals surface area contributed by atoms with Crippen molar-refractivity contribution in [3.8, 4) is 0 Å². The summed E-state index contributed by atoms with van der Waals surface area (Å²) in [5.41, 5.74) is 0. The highest BCUT2D eigenvalue weighted by Crippen LogP contribution is 2.00. The summed E-state index contributed by atoms with van der Waals surface area (Å²) in [6.45, 7) is 3.28. The van der Waals surface area contributed by atoms with Crippen molar-refractivity contribution in [1.82, 2.24) is 0 Å². The van der Waals surface area contributed by atoms with Gasteiger partial charge in [-0.15, -0.1) is 0 Å². The standard InChI is InChI=1S/C7H12O5/c1-4(2)12-5(6(8)9)7(10)11-3/h4-5H,1-3H3,(H,8,9). The lowest BCUT2D eigenvalue weighted by Crippen LogP contribution is -2.35. The minimum Gasteiger partial charge on any atom is -0.479 e. The Hall–Kier alpha value is -1.10. The van der Waals surface area contributed by atoms with Crippen molar-refractivity contribution in [3.05, 3.63) is 0 Å². The average Bonchev–Trinajstić information content (AvgIpc) is 1.98. The van der Waals surface area contributed by atoms with Gasteiger partial charge in [-0.05, 0) is 13.8 Å². The summed E-state index contributed by atoms with van der Waals surface area (Å²) in [6.07, 6.45) is -1.85. The highest BCUT2D eigenvalue weighted by Gasteiger charge is 2.28. The van der Waals surface area contributed by atoms with E-state index in [0.29, 0.717) is 0 Å². The van der Waals surface area contributed by atoms with Gasteiger partial charge in [0.15, 0.2) is 0 Å². The summed E-state index contributed by atoms with van der Waals surface area (Å²) in [5, 5.41) is 8.50. The highest BCUT2D eigenvalue weighted by atomic mass is 16.6. The number of methoxy groups -OCH3 is 1. The van der Waals surface area contributed by atoms with Crippen LogP contribution in [-0.2, 0) is 19.1 Å². The Balaban J connectivity index is 4.23. The quantitative estimate of drug-likeness (QED) is 0.483. The minimum atomic E-state index is -1.52. The molecular weight excluding hydrogens is 164 g/mol. The van der Waals surface area contributed by atoms with Gasteiger partial charge in [0.25, 0.3) is 6.10 Å². The van der Waals surface area contributed by atoms with E-state index >= 15 is 0 Å². The van der Waals surface area contributed by atoms with Crippen LogP contribution in [0.5, 0.6) is 0 Å². The predicted molar refractivity (Wildman–Crippen MR) is 39.7 cm³/mol. The smallest absolute Gasteiger partial charge is 0.346 e. The first-order valence-corrected chi connectivity index (χ1v) is 3.45. The van der Waals surface area contributed by atoms with E-state index in [0.717, 1.165) is 7.11 Å². The molecule has 0 rings (SSSR count). The van der Waals surface area contributed by atoms with Gasteiger partial charge in [0, 0.05) is 0 Å². The van der Waals surface area contributed by atoms with Crippen LogP contribution in [0, 0.1) is 0 Å². The van der Waals surface area contributed by atoms with Gasteiger partial charge in [0.2, 0.25) is 0 Å². The number of carbonyl (C=O) groups is 2. The molecule has 12 heavy (non-hydrogen) atoms. The number of ether oxygens (including phenoxy) is 2. The first-order chi connectivity index (χ1) is 5.49. The Bertz CT molecular complexity index is 175. The third kappa shape index (κ3) is 3.34. The Morgan fingerprint density at radius 1 is 1.33 bits per heavy atom. The lowest BCUT2D eigenvalue weighted by Gasteiger charge is -2.13. The molecule has 0 heterocycles. The van der Waals surface area contributed by atoms with Gasteiger partial charge < -0.3 is 14.6 Å². The van der Waals surface area contributed by atoms with E-state index in [1.165, 1.54) is 0 Å². The maximum Gasteiger partial charge on any atom is 0.346 e. The van der Waals surface area contributed by atoms with Crippen LogP contribution in [-0.4, -0.2) is 36.4 Å². The molecule has 1 atom stereocenters. The van der Waals surface area contributed by atoms with Crippen molar-refractivity contribution >= 4 is 11.9 Å². The molecule has 0 fully saturated rings. The van der Waals surface area contributed by atoms with Crippen LogP contribution in [0.15, 0.2) is 0 Å². The molecule has 1 unspecified atom stereocenters. The average molecular weight is 176 g/mol. The molecule has 0 spiro atoms. The fourth-order valence-electron chi connectivity index (χ4n) is 0.594. The van der Waals surface area contributed by atoms with Crippen LogP contribution >= 0.6 is 0 Å². The predicted octanol–water partition coefficient (Wildman–Crippen LogP) is 0.0376. The monoisotopic (exact) mass is 176 g/mol. The molecule has 0 aliphatic rings. The fraction of sp³-hybridized carbons (Fsp3) is 0.714. The zero-order valence-electron chi connectivity index (χ0n) is 7.23. The van der Waals surface area contributed by atoms with E-state index in [1.54, 1.807) is 13.8 Å². The summed E-state index contributed by atoms with van der Waals surface area (Å²) in [7, 11) is 1.11. The van der Waals surface area contributed by atoms with E-state index in [2.05, 4.69) is 4.74 Å². The first-order valence-electron chi connectivity index (χ1n) is 3.45. The largest absolute Gasteiger partial charge is 0.479 e. The first kappa shape index (κ1) is 10.9. The molecule has 0 saturated carbocycles. The molecule has 0 radical (unpaired) electrons. The van der Waals surface area contributed by atoms with E-state index in [-0.39, 0.29) is 6.10 Å². The maximum atomic E-state index is 10.8. The van der Waals surface area contributed by atoms with Crippen molar-refractivity contribution in [2.24, 2.45) is 0 Å². The van der Waals surface area contributed by atoms with E-state index in [9.17, 15) is 9.59 Å². The van der Waals surface area contributed by atoms with Crippen molar-refractivity contribution in [2.45, 2.75) is 26.1 Å². The van der Waals surface area contributed by atoms with Gasteiger partial charge in [0.05, 0.1) is 13.2 Å². The SMILES string of the molecule is COC(=O)C(OC(C)C)C(=O)O. The molecule has 0 aromatic heterocycles. The molecule has 0 amide bonds. The number of esters is 1. The fourth-order valence-corrected chi connectivity index (χ4v) is 0.594. The minimum absolute atomic E-state index is 0.329. The summed E-state index contributed by atoms with van der Waals surface area (Å²) in [4.78, 5) is 21.2. The third-order valence-electron chi connectivity index (χ3n) is 1.05. The maximum absolute atomic E-state index is 10.8. The van der Waals surface area contributed by atoms with Crippen LogP contribution in [0.3, 0.4) is 0 Å². The van der Waals surface area contributed by atoms with Gasteiger partial charge in [-0.3, -0.25) is 0 Å². The number of hydrogen-bond donors (Lipinski definition) is 1. The number of rotatable bonds is 4. The number of carbonyl (C=O) groups excluding carboxylic acids is 1. The van der Waals surface area contributed by atoms with Crippen LogP contribution in [0.25, 0.3) is 0 Å². The number of carboxylic acids is 1. The molecule has 0 saturated heterocycles. The van der Waals surface area contributed by atoms with Crippen molar-refractivity contribution in [1.29, 1.82) is 0 Å². The van der Waals surface area contributed by atoms with Gasteiger partial charge >= 0.3 is 11.9 Å². The van der Waals surface area contributed by atoms with E-state index in [4.69, 9.17) is 9.84 Å². The second kappa shape index (κ2) is 4.71. The van der Waals surface area contributed by atoms with Crippen molar-refractivity contribution in [3.63, 3.8) is 0 Å². The van der Waals surface area contributed by atoms with Crippen LogP contribution in [0.4, 0.5) is 0 Å². The number of carboxylic acid groups (broad SMARTS) is 1. The second-order valence-corrected chi connectivity index (χ2v) is 2.43. The summed E-state index contributed by atoms with van der Waals surface area (Å²) in [6, 6.07) is 0.